The summed E-state index contributed by atoms with van der Waals surface area (Å²) in [5.74, 6) is 0. The fourth-order valence-corrected chi connectivity index (χ4v) is 3.34. The van der Waals surface area contributed by atoms with Gasteiger partial charge in [0, 0.05) is 11.9 Å². The van der Waals surface area contributed by atoms with Crippen LogP contribution in [-0.4, -0.2) is 44.7 Å². The standard InChI is InChI=1S/C19H35N2O3S/c1-4-6-14-21(15-7-5-2)16-8-9-19(22)17-10-12-18(13-11-17)20-25(3,23)24/h10-13,19,22H,4-9,14-16H2,1-3H3,(H2,20,23,24)/t19-/m0/s1. The summed E-state index contributed by atoms with van der Waals surface area (Å²) in [6.07, 6.45) is 7.32. The van der Waals surface area contributed by atoms with Crippen LogP contribution in [0.25, 0.3) is 0 Å². The van der Waals surface area contributed by atoms with Crippen molar-refractivity contribution in [2.75, 3.05) is 30.6 Å². The third-order valence-corrected chi connectivity index (χ3v) is 4.82. The summed E-state index contributed by atoms with van der Waals surface area (Å²) in [4.78, 5) is 2.51. The first-order valence-corrected chi connectivity index (χ1v) is 11.3. The molecule has 1 aromatic carbocycles. The van der Waals surface area contributed by atoms with Crippen molar-refractivity contribution >= 4 is 16.1 Å². The lowest BCUT2D eigenvalue weighted by atomic mass is 10.0. The predicted molar refractivity (Wildman–Crippen MR) is 107 cm³/mol. The van der Waals surface area contributed by atoms with E-state index < -0.39 is 16.5 Å². The molecule has 0 aliphatic heterocycles. The summed E-state index contributed by atoms with van der Waals surface area (Å²) in [6.45, 7) is 7.75. The summed E-state index contributed by atoms with van der Waals surface area (Å²) in [5, 5.41) is 10.4. The van der Waals surface area contributed by atoms with E-state index in [2.05, 4.69) is 23.5 Å². The van der Waals surface area contributed by atoms with Gasteiger partial charge in [-0.25, -0.2) is 4.21 Å². The lowest BCUT2D eigenvalue weighted by Gasteiger charge is -2.22. The molecule has 0 aliphatic carbocycles. The first kappa shape index (κ1) is 22.1. The molecule has 0 fully saturated rings. The van der Waals surface area contributed by atoms with Gasteiger partial charge in [-0.15, -0.1) is 0 Å². The highest BCUT2D eigenvalue weighted by molar-refractivity contribution is 7.98. The second-order valence-electron chi connectivity index (χ2n) is 6.73. The first-order valence-electron chi connectivity index (χ1n) is 9.35. The molecule has 0 saturated heterocycles. The molecular weight excluding hydrogens is 336 g/mol. The topological polar surface area (TPSA) is 72.8 Å². The zero-order chi connectivity index (χ0) is 18.7. The van der Waals surface area contributed by atoms with Gasteiger partial charge in [0.05, 0.1) is 6.10 Å². The van der Waals surface area contributed by atoms with Crippen LogP contribution >= 0.6 is 0 Å². The molecule has 2 atom stereocenters. The molecule has 1 unspecified atom stereocenters. The maximum atomic E-state index is 11.3. The Kier molecular flexibility index (Phi) is 10.3. The molecule has 0 bridgehead atoms. The van der Waals surface area contributed by atoms with E-state index in [1.165, 1.54) is 31.9 Å². The minimum atomic E-state index is -3.02. The Labute approximate surface area is 154 Å². The molecule has 1 rings (SSSR count). The molecule has 0 heterocycles. The summed E-state index contributed by atoms with van der Waals surface area (Å²) in [7, 11) is -3.02. The number of unbranched alkanes of at least 4 members (excludes halogenated alkanes) is 2. The molecule has 25 heavy (non-hydrogen) atoms. The molecule has 1 aromatic rings. The monoisotopic (exact) mass is 371 g/mol. The van der Waals surface area contributed by atoms with Gasteiger partial charge >= 0.3 is 0 Å². The third-order valence-electron chi connectivity index (χ3n) is 4.21. The Morgan fingerprint density at radius 3 is 2.04 bits per heavy atom. The van der Waals surface area contributed by atoms with Crippen LogP contribution in [0.1, 0.15) is 64.0 Å². The number of benzene rings is 1. The Balaban J connectivity index is 2.43. The molecule has 0 amide bonds. The number of rotatable bonds is 13. The normalized spacial score (nSPS) is 15.1. The van der Waals surface area contributed by atoms with Crippen molar-refractivity contribution in [3.05, 3.63) is 29.8 Å². The number of aliphatic hydroxyl groups is 1. The summed E-state index contributed by atoms with van der Waals surface area (Å²) in [5.41, 5.74) is 1.43. The van der Waals surface area contributed by atoms with Crippen LogP contribution in [0.2, 0.25) is 0 Å². The minimum absolute atomic E-state index is 0.492. The van der Waals surface area contributed by atoms with Crippen LogP contribution in [-0.2, 0) is 10.4 Å². The fraction of sp³-hybridized carbons (Fsp3) is 0.684. The largest absolute Gasteiger partial charge is 0.388 e. The SMILES string of the molecule is CCCCN(CCCC)CCC[C@H](O)c1ccc(N[S](C)(=O)O)cc1. The van der Waals surface area contributed by atoms with Gasteiger partial charge in [-0.3, -0.25) is 4.72 Å². The highest BCUT2D eigenvalue weighted by Gasteiger charge is 2.11. The molecule has 1 radical (unpaired) electrons. The van der Waals surface area contributed by atoms with Gasteiger partial charge < -0.3 is 14.6 Å². The number of hydrogen-bond donors (Lipinski definition) is 3. The highest BCUT2D eigenvalue weighted by Crippen LogP contribution is 2.21. The van der Waals surface area contributed by atoms with E-state index in [0.717, 1.165) is 38.0 Å². The Hall–Kier alpha value is -0.950. The van der Waals surface area contributed by atoms with Crippen LogP contribution < -0.4 is 4.72 Å². The predicted octanol–water partition coefficient (Wildman–Crippen LogP) is 4.12. The number of nitrogens with zero attached hydrogens (tertiary/aromatic N) is 1. The summed E-state index contributed by atoms with van der Waals surface area (Å²) in [6, 6.07) is 7.08. The van der Waals surface area contributed by atoms with Crippen molar-refractivity contribution in [2.24, 2.45) is 0 Å². The van der Waals surface area contributed by atoms with E-state index in [9.17, 15) is 13.9 Å². The Bertz CT molecular complexity index is 508. The smallest absolute Gasteiger partial charge is 0.141 e. The van der Waals surface area contributed by atoms with E-state index in [0.29, 0.717) is 5.69 Å². The van der Waals surface area contributed by atoms with Crippen LogP contribution in [0.3, 0.4) is 0 Å². The van der Waals surface area contributed by atoms with Crippen LogP contribution in [0.15, 0.2) is 24.3 Å². The number of hydrogen-bond acceptors (Lipinski definition) is 3. The lowest BCUT2D eigenvalue weighted by molar-refractivity contribution is 0.154. The zero-order valence-electron chi connectivity index (χ0n) is 15.9. The summed E-state index contributed by atoms with van der Waals surface area (Å²) >= 11 is 0. The Morgan fingerprint density at radius 2 is 1.56 bits per heavy atom. The van der Waals surface area contributed by atoms with Crippen molar-refractivity contribution in [1.29, 1.82) is 0 Å². The fourth-order valence-electron chi connectivity index (χ4n) is 2.77. The highest BCUT2D eigenvalue weighted by atomic mass is 32.3. The van der Waals surface area contributed by atoms with Gasteiger partial charge in [0.2, 0.25) is 0 Å². The van der Waals surface area contributed by atoms with E-state index in [4.69, 9.17) is 0 Å². The second kappa shape index (κ2) is 11.6. The van der Waals surface area contributed by atoms with Crippen molar-refractivity contribution < 1.29 is 13.9 Å². The molecule has 0 aromatic heterocycles. The quantitative estimate of drug-likeness (QED) is 0.488. The average Bonchev–Trinajstić information content (AvgIpc) is 2.55. The number of anilines is 1. The molecule has 5 nitrogen and oxygen atoms in total. The van der Waals surface area contributed by atoms with E-state index in [1.807, 2.05) is 12.1 Å². The van der Waals surface area contributed by atoms with Gasteiger partial charge in [-0.05, 0) is 63.0 Å². The molecule has 3 N–H and O–H groups in total. The molecule has 6 heteroatoms. The maximum Gasteiger partial charge on any atom is 0.141 e. The van der Waals surface area contributed by atoms with Gasteiger partial charge in [0.25, 0.3) is 0 Å². The molecule has 145 valence electrons. The van der Waals surface area contributed by atoms with E-state index in [1.54, 1.807) is 12.1 Å². The number of nitrogens with one attached hydrogen (secondary N) is 1. The molecule has 0 aliphatic rings. The number of aliphatic hydroxyl groups excluding tert-OH is 1. The molecule has 0 saturated carbocycles. The second-order valence-corrected chi connectivity index (χ2v) is 8.54. The first-order chi connectivity index (χ1) is 11.9. The van der Waals surface area contributed by atoms with Gasteiger partial charge in [-0.1, -0.05) is 38.8 Å². The van der Waals surface area contributed by atoms with Gasteiger partial charge in [-0.2, -0.15) is 0 Å². The van der Waals surface area contributed by atoms with Crippen molar-refractivity contribution in [1.82, 2.24) is 4.90 Å². The van der Waals surface area contributed by atoms with Gasteiger partial charge in [0.15, 0.2) is 0 Å². The average molecular weight is 372 g/mol. The molecule has 0 spiro atoms. The molecular formula is C19H35N2O3S. The Morgan fingerprint density at radius 1 is 1.04 bits per heavy atom. The lowest BCUT2D eigenvalue weighted by Crippen LogP contribution is -2.27. The van der Waals surface area contributed by atoms with Crippen LogP contribution in [0.5, 0.6) is 0 Å². The summed E-state index contributed by atoms with van der Waals surface area (Å²) < 4.78 is 23.2. The van der Waals surface area contributed by atoms with E-state index in [-0.39, 0.29) is 0 Å². The van der Waals surface area contributed by atoms with Crippen molar-refractivity contribution in [3.8, 4) is 0 Å². The van der Waals surface area contributed by atoms with Gasteiger partial charge in [0.1, 0.15) is 10.4 Å². The third kappa shape index (κ3) is 9.94. The minimum Gasteiger partial charge on any atom is -0.388 e. The van der Waals surface area contributed by atoms with Crippen molar-refractivity contribution in [2.45, 2.75) is 58.5 Å². The van der Waals surface area contributed by atoms with Crippen LogP contribution in [0.4, 0.5) is 5.69 Å². The van der Waals surface area contributed by atoms with Crippen LogP contribution in [0, 0.1) is 0 Å². The van der Waals surface area contributed by atoms with E-state index >= 15 is 0 Å². The van der Waals surface area contributed by atoms with Crippen molar-refractivity contribution in [3.63, 3.8) is 0 Å². The maximum absolute atomic E-state index is 11.3. The zero-order valence-corrected chi connectivity index (χ0v) is 16.7.